The summed E-state index contributed by atoms with van der Waals surface area (Å²) in [6.07, 6.45) is 0.226. The zero-order chi connectivity index (χ0) is 32.8. The summed E-state index contributed by atoms with van der Waals surface area (Å²) in [4.78, 5) is 30.1. The second kappa shape index (κ2) is 14.6. The first kappa shape index (κ1) is 34.2. The molecule has 0 saturated carbocycles. The van der Waals surface area contributed by atoms with E-state index in [1.165, 1.54) is 17.0 Å². The Morgan fingerprint density at radius 3 is 2.09 bits per heavy atom. The SMILES string of the molecule is Cc1c(Cl)cccc1N(CC(=O)N(Cc1cccc(Br)c1)[C@@H](Cc1ccccc1)C(=O)NC(C)(C)C)S(=O)(=O)c1ccccc1. The third-order valence-electron chi connectivity index (χ3n) is 7.13. The van der Waals surface area contributed by atoms with Crippen molar-refractivity contribution in [3.63, 3.8) is 0 Å². The van der Waals surface area contributed by atoms with Gasteiger partial charge >= 0.3 is 0 Å². The van der Waals surface area contributed by atoms with Crippen molar-refractivity contribution in [3.8, 4) is 0 Å². The number of nitrogens with one attached hydrogen (secondary N) is 1. The smallest absolute Gasteiger partial charge is 0.264 e. The van der Waals surface area contributed by atoms with Crippen LogP contribution in [0.4, 0.5) is 5.69 Å². The molecule has 0 bridgehead atoms. The summed E-state index contributed by atoms with van der Waals surface area (Å²) in [6, 6.07) is 28.9. The van der Waals surface area contributed by atoms with Gasteiger partial charge in [0.15, 0.2) is 0 Å². The lowest BCUT2D eigenvalue weighted by molar-refractivity contribution is -0.140. The van der Waals surface area contributed by atoms with Crippen LogP contribution in [-0.2, 0) is 32.6 Å². The Bertz CT molecular complexity index is 1750. The van der Waals surface area contributed by atoms with E-state index >= 15 is 0 Å². The number of carbonyl (C=O) groups is 2. The molecular weight excluding hydrogens is 674 g/mol. The predicted molar refractivity (Wildman–Crippen MR) is 184 cm³/mol. The molecule has 1 atom stereocenters. The Morgan fingerprint density at radius 2 is 1.47 bits per heavy atom. The fourth-order valence-electron chi connectivity index (χ4n) is 4.94. The van der Waals surface area contributed by atoms with Crippen LogP contribution in [-0.4, -0.2) is 43.3 Å². The Kier molecular flexibility index (Phi) is 11.1. The number of nitrogens with zero attached hydrogens (tertiary/aromatic N) is 2. The average Bonchev–Trinajstić information content (AvgIpc) is 2.99. The maximum Gasteiger partial charge on any atom is 0.264 e. The minimum absolute atomic E-state index is 0.0297. The van der Waals surface area contributed by atoms with E-state index in [1.807, 2.05) is 75.4 Å². The minimum atomic E-state index is -4.22. The number of halogens is 2. The normalized spacial score (nSPS) is 12.3. The van der Waals surface area contributed by atoms with Crippen molar-refractivity contribution in [1.82, 2.24) is 10.2 Å². The highest BCUT2D eigenvalue weighted by Crippen LogP contribution is 2.31. The summed E-state index contributed by atoms with van der Waals surface area (Å²) >= 11 is 9.95. The van der Waals surface area contributed by atoms with E-state index in [0.717, 1.165) is 19.9 Å². The molecule has 0 radical (unpaired) electrons. The fraction of sp³-hybridized carbons (Fsp3) is 0.257. The zero-order valence-electron chi connectivity index (χ0n) is 25.7. The van der Waals surface area contributed by atoms with Gasteiger partial charge in [0.2, 0.25) is 11.8 Å². The second-order valence-corrected chi connectivity index (χ2v) is 15.0. The molecule has 0 aliphatic carbocycles. The van der Waals surface area contributed by atoms with E-state index in [4.69, 9.17) is 11.6 Å². The van der Waals surface area contributed by atoms with E-state index in [9.17, 15) is 18.0 Å². The van der Waals surface area contributed by atoms with Gasteiger partial charge in [0, 0.05) is 28.0 Å². The molecule has 45 heavy (non-hydrogen) atoms. The van der Waals surface area contributed by atoms with Crippen LogP contribution in [0.1, 0.15) is 37.5 Å². The molecule has 1 N–H and O–H groups in total. The number of benzene rings is 4. The molecule has 0 spiro atoms. The number of anilines is 1. The summed E-state index contributed by atoms with van der Waals surface area (Å²) in [6.45, 7) is 6.86. The largest absolute Gasteiger partial charge is 0.350 e. The summed E-state index contributed by atoms with van der Waals surface area (Å²) in [7, 11) is -4.22. The van der Waals surface area contributed by atoms with Gasteiger partial charge < -0.3 is 10.2 Å². The van der Waals surface area contributed by atoms with Gasteiger partial charge in [-0.2, -0.15) is 0 Å². The topological polar surface area (TPSA) is 86.8 Å². The van der Waals surface area contributed by atoms with Gasteiger partial charge in [-0.1, -0.05) is 94.3 Å². The van der Waals surface area contributed by atoms with Gasteiger partial charge in [0.25, 0.3) is 10.0 Å². The molecule has 236 valence electrons. The summed E-state index contributed by atoms with van der Waals surface area (Å²) in [5, 5.41) is 3.40. The number of carbonyl (C=O) groups excluding carboxylic acids is 2. The van der Waals surface area contributed by atoms with Gasteiger partial charge in [0.05, 0.1) is 10.6 Å². The maximum absolute atomic E-state index is 14.6. The molecule has 0 saturated heterocycles. The van der Waals surface area contributed by atoms with Gasteiger partial charge in [-0.25, -0.2) is 8.42 Å². The quantitative estimate of drug-likeness (QED) is 0.179. The van der Waals surface area contributed by atoms with E-state index < -0.39 is 34.1 Å². The molecule has 0 unspecified atom stereocenters. The number of hydrogen-bond donors (Lipinski definition) is 1. The number of amides is 2. The lowest BCUT2D eigenvalue weighted by Crippen LogP contribution is -2.56. The Hall–Kier alpha value is -3.66. The Morgan fingerprint density at radius 1 is 0.867 bits per heavy atom. The molecule has 0 heterocycles. The second-order valence-electron chi connectivity index (χ2n) is 11.8. The molecule has 2 amide bonds. The zero-order valence-corrected chi connectivity index (χ0v) is 28.9. The van der Waals surface area contributed by atoms with Crippen LogP contribution in [0.2, 0.25) is 5.02 Å². The summed E-state index contributed by atoms with van der Waals surface area (Å²) in [5.41, 5.74) is 1.85. The molecule has 4 rings (SSSR count). The van der Waals surface area contributed by atoms with Gasteiger partial charge in [0.1, 0.15) is 12.6 Å². The number of sulfonamides is 1. The summed E-state index contributed by atoms with van der Waals surface area (Å²) in [5.74, 6) is -0.884. The molecular formula is C35H37BrClN3O4S. The van der Waals surface area contributed by atoms with Crippen LogP contribution < -0.4 is 9.62 Å². The maximum atomic E-state index is 14.6. The number of rotatable bonds is 11. The lowest BCUT2D eigenvalue weighted by Gasteiger charge is -2.35. The lowest BCUT2D eigenvalue weighted by atomic mass is 10.0. The first-order valence-corrected chi connectivity index (χ1v) is 17.1. The third-order valence-corrected chi connectivity index (χ3v) is 9.81. The third kappa shape index (κ3) is 8.96. The standard InChI is InChI=1S/C35H37BrClN3O4S/c1-25-30(37)19-12-20-31(25)40(45(43,44)29-17-9-6-10-18-29)24-33(41)39(23-27-15-11-16-28(36)21-27)32(34(42)38-35(2,3)4)22-26-13-7-5-8-14-26/h5-21,32H,22-24H2,1-4H3,(H,38,42)/t32-/m0/s1. The van der Waals surface area contributed by atoms with E-state index in [-0.39, 0.29) is 29.5 Å². The molecule has 0 fully saturated rings. The predicted octanol–water partition coefficient (Wildman–Crippen LogP) is 7.16. The van der Waals surface area contributed by atoms with E-state index in [1.54, 1.807) is 43.3 Å². The molecule has 0 aromatic heterocycles. The van der Waals surface area contributed by atoms with E-state index in [2.05, 4.69) is 21.2 Å². The molecule has 10 heteroatoms. The molecule has 0 aliphatic rings. The van der Waals surface area contributed by atoms with Crippen molar-refractivity contribution in [2.45, 2.75) is 57.1 Å². The molecule has 4 aromatic rings. The van der Waals surface area contributed by atoms with Crippen LogP contribution in [0.25, 0.3) is 0 Å². The van der Waals surface area contributed by atoms with Crippen molar-refractivity contribution < 1.29 is 18.0 Å². The van der Waals surface area contributed by atoms with Gasteiger partial charge in [-0.3, -0.25) is 13.9 Å². The highest BCUT2D eigenvalue weighted by molar-refractivity contribution is 9.10. The van der Waals surface area contributed by atoms with Crippen molar-refractivity contribution in [2.24, 2.45) is 0 Å². The Balaban J connectivity index is 1.84. The van der Waals surface area contributed by atoms with Crippen LogP contribution in [0.15, 0.2) is 112 Å². The van der Waals surface area contributed by atoms with Crippen molar-refractivity contribution >= 4 is 55.1 Å². The fourth-order valence-corrected chi connectivity index (χ4v) is 7.05. The first-order chi connectivity index (χ1) is 21.3. The molecule has 0 aliphatic heterocycles. The first-order valence-electron chi connectivity index (χ1n) is 14.5. The molecule has 7 nitrogen and oxygen atoms in total. The van der Waals surface area contributed by atoms with Crippen LogP contribution in [0, 0.1) is 6.92 Å². The molecule has 4 aromatic carbocycles. The van der Waals surface area contributed by atoms with E-state index in [0.29, 0.717) is 10.6 Å². The average molecular weight is 711 g/mol. The van der Waals surface area contributed by atoms with Gasteiger partial charge in [-0.15, -0.1) is 0 Å². The van der Waals surface area contributed by atoms with Gasteiger partial charge in [-0.05, 0) is 80.8 Å². The van der Waals surface area contributed by atoms with Crippen molar-refractivity contribution in [1.29, 1.82) is 0 Å². The highest BCUT2D eigenvalue weighted by atomic mass is 79.9. The van der Waals surface area contributed by atoms with Crippen LogP contribution >= 0.6 is 27.5 Å². The number of hydrogen-bond acceptors (Lipinski definition) is 4. The minimum Gasteiger partial charge on any atom is -0.350 e. The van der Waals surface area contributed by atoms with Crippen LogP contribution in [0.3, 0.4) is 0 Å². The van der Waals surface area contributed by atoms with Crippen molar-refractivity contribution in [3.05, 3.63) is 129 Å². The summed E-state index contributed by atoms with van der Waals surface area (Å²) < 4.78 is 30.2. The Labute approximate surface area is 279 Å². The monoisotopic (exact) mass is 709 g/mol. The van der Waals surface area contributed by atoms with Crippen molar-refractivity contribution in [2.75, 3.05) is 10.8 Å². The highest BCUT2D eigenvalue weighted by Gasteiger charge is 2.36. The van der Waals surface area contributed by atoms with Crippen LogP contribution in [0.5, 0.6) is 0 Å².